The molecule has 0 saturated carbocycles. The lowest BCUT2D eigenvalue weighted by atomic mass is 10.2. The molecule has 6 heteroatoms. The molecule has 0 aliphatic carbocycles. The van der Waals surface area contributed by atoms with Crippen LogP contribution in [0.5, 0.6) is 0 Å². The minimum Gasteiger partial charge on any atom is -0.380 e. The second-order valence-electron chi connectivity index (χ2n) is 3.82. The quantitative estimate of drug-likeness (QED) is 0.866. The van der Waals surface area contributed by atoms with Gasteiger partial charge in [0.15, 0.2) is 0 Å². The molecular weight excluding hydrogens is 258 g/mol. The smallest absolute Gasteiger partial charge is 0.287 e. The van der Waals surface area contributed by atoms with Crippen molar-refractivity contribution in [1.29, 1.82) is 0 Å². The lowest BCUT2D eigenvalue weighted by molar-refractivity contribution is 0.615. The van der Waals surface area contributed by atoms with Gasteiger partial charge in [0.05, 0.1) is 11.9 Å². The van der Waals surface area contributed by atoms with Gasteiger partial charge in [-0.2, -0.15) is 16.9 Å². The number of anilines is 1. The Morgan fingerprint density at radius 1 is 1.65 bits per heavy atom. The maximum absolute atomic E-state index is 11.7. The van der Waals surface area contributed by atoms with Gasteiger partial charge in [0.1, 0.15) is 5.02 Å². The number of aromatic nitrogens is 2. The molecule has 1 N–H and O–H groups in total. The van der Waals surface area contributed by atoms with E-state index in [1.165, 1.54) is 4.68 Å². The van der Waals surface area contributed by atoms with Crippen LogP contribution < -0.4 is 10.9 Å². The van der Waals surface area contributed by atoms with Crippen molar-refractivity contribution in [2.75, 3.05) is 17.3 Å². The second-order valence-corrected chi connectivity index (χ2v) is 5.18. The van der Waals surface area contributed by atoms with Crippen LogP contribution in [0.1, 0.15) is 20.3 Å². The first-order chi connectivity index (χ1) is 8.10. The number of nitrogens with zero attached hydrogens (tertiary/aromatic N) is 2. The van der Waals surface area contributed by atoms with Crippen molar-refractivity contribution in [3.8, 4) is 0 Å². The lowest BCUT2D eigenvalue weighted by Crippen LogP contribution is -2.25. The van der Waals surface area contributed by atoms with Crippen molar-refractivity contribution in [2.24, 2.45) is 0 Å². The Labute approximate surface area is 111 Å². The second kappa shape index (κ2) is 6.91. The van der Waals surface area contributed by atoms with Crippen molar-refractivity contribution >= 4 is 29.1 Å². The monoisotopic (exact) mass is 275 g/mol. The molecule has 0 fully saturated rings. The van der Waals surface area contributed by atoms with E-state index in [1.807, 2.05) is 6.92 Å². The summed E-state index contributed by atoms with van der Waals surface area (Å²) in [5, 5.41) is 7.48. The summed E-state index contributed by atoms with van der Waals surface area (Å²) in [5.41, 5.74) is 0.381. The third-order valence-corrected chi connectivity index (χ3v) is 3.45. The number of nitrogens with one attached hydrogen (secondary N) is 1. The van der Waals surface area contributed by atoms with E-state index in [2.05, 4.69) is 23.6 Å². The van der Waals surface area contributed by atoms with Crippen LogP contribution in [0.15, 0.2) is 11.0 Å². The average Bonchev–Trinajstić information content (AvgIpc) is 2.33. The van der Waals surface area contributed by atoms with Gasteiger partial charge in [0.2, 0.25) is 0 Å². The van der Waals surface area contributed by atoms with Crippen LogP contribution in [0, 0.1) is 0 Å². The minimum atomic E-state index is -0.240. The van der Waals surface area contributed by atoms with Gasteiger partial charge in [-0.1, -0.05) is 11.6 Å². The average molecular weight is 276 g/mol. The predicted octanol–water partition coefficient (Wildman–Crippen LogP) is 2.47. The molecule has 96 valence electrons. The number of halogens is 1. The number of rotatable bonds is 6. The summed E-state index contributed by atoms with van der Waals surface area (Å²) < 4.78 is 1.35. The van der Waals surface area contributed by atoms with Crippen molar-refractivity contribution in [2.45, 2.75) is 32.9 Å². The van der Waals surface area contributed by atoms with E-state index in [4.69, 9.17) is 11.6 Å². The number of thioether (sulfide) groups is 1. The maximum Gasteiger partial charge on any atom is 0.287 e. The summed E-state index contributed by atoms with van der Waals surface area (Å²) in [7, 11) is 0. The van der Waals surface area contributed by atoms with Crippen LogP contribution in [0.3, 0.4) is 0 Å². The van der Waals surface area contributed by atoms with Gasteiger partial charge in [0.25, 0.3) is 5.56 Å². The molecule has 1 aromatic rings. The molecule has 0 amide bonds. The molecular formula is C11H18ClN3OS. The summed E-state index contributed by atoms with van der Waals surface area (Å²) in [6.45, 7) is 4.46. The summed E-state index contributed by atoms with van der Waals surface area (Å²) in [4.78, 5) is 11.7. The highest BCUT2D eigenvalue weighted by atomic mass is 35.5. The topological polar surface area (TPSA) is 46.9 Å². The molecule has 1 rings (SSSR count). The van der Waals surface area contributed by atoms with Crippen LogP contribution >= 0.6 is 23.4 Å². The van der Waals surface area contributed by atoms with E-state index in [0.717, 1.165) is 12.2 Å². The molecule has 0 bridgehead atoms. The third kappa shape index (κ3) is 3.92. The summed E-state index contributed by atoms with van der Waals surface area (Å²) in [5.74, 6) is 1.07. The molecule has 0 aliphatic heterocycles. The summed E-state index contributed by atoms with van der Waals surface area (Å²) in [6, 6.07) is 0.277. The Bertz CT molecular complexity index is 422. The number of hydrogen-bond donors (Lipinski definition) is 1. The zero-order valence-electron chi connectivity index (χ0n) is 10.4. The van der Waals surface area contributed by atoms with E-state index >= 15 is 0 Å². The van der Waals surface area contributed by atoms with Gasteiger partial charge in [-0.15, -0.1) is 0 Å². The van der Waals surface area contributed by atoms with Crippen molar-refractivity contribution in [1.82, 2.24) is 9.78 Å². The molecule has 1 heterocycles. The van der Waals surface area contributed by atoms with Gasteiger partial charge in [-0.25, -0.2) is 4.68 Å². The standard InChI is InChI=1S/C11H18ClN3OS/c1-4-15-11(16)10(12)9(7-13-15)14-8(2)5-6-17-3/h7-8,14H,4-6H2,1-3H3. The maximum atomic E-state index is 11.7. The highest BCUT2D eigenvalue weighted by Crippen LogP contribution is 2.17. The Morgan fingerprint density at radius 3 is 2.94 bits per heavy atom. The highest BCUT2D eigenvalue weighted by molar-refractivity contribution is 7.98. The van der Waals surface area contributed by atoms with Crippen LogP contribution in [-0.4, -0.2) is 27.8 Å². The normalized spacial score (nSPS) is 12.5. The molecule has 0 aromatic carbocycles. The molecule has 0 radical (unpaired) electrons. The van der Waals surface area contributed by atoms with E-state index in [0.29, 0.717) is 12.2 Å². The fourth-order valence-electron chi connectivity index (χ4n) is 1.42. The fraction of sp³-hybridized carbons (Fsp3) is 0.636. The molecule has 1 aromatic heterocycles. The molecule has 1 unspecified atom stereocenters. The van der Waals surface area contributed by atoms with Crippen molar-refractivity contribution < 1.29 is 0 Å². The largest absolute Gasteiger partial charge is 0.380 e. The molecule has 17 heavy (non-hydrogen) atoms. The van der Waals surface area contributed by atoms with Crippen molar-refractivity contribution in [3.63, 3.8) is 0 Å². The summed E-state index contributed by atoms with van der Waals surface area (Å²) in [6.07, 6.45) is 4.71. The predicted molar refractivity (Wildman–Crippen MR) is 75.3 cm³/mol. The Kier molecular flexibility index (Phi) is 5.85. The van der Waals surface area contributed by atoms with Gasteiger partial charge in [-0.3, -0.25) is 4.79 Å². The first-order valence-corrected chi connectivity index (χ1v) is 7.38. The zero-order chi connectivity index (χ0) is 12.8. The summed E-state index contributed by atoms with van der Waals surface area (Å²) >= 11 is 7.81. The van der Waals surface area contributed by atoms with Crippen molar-refractivity contribution in [3.05, 3.63) is 21.6 Å². The van der Waals surface area contributed by atoms with Crippen LogP contribution in [-0.2, 0) is 6.54 Å². The molecule has 0 aliphatic rings. The number of hydrogen-bond acceptors (Lipinski definition) is 4. The fourth-order valence-corrected chi connectivity index (χ4v) is 2.21. The van der Waals surface area contributed by atoms with Gasteiger partial charge in [-0.05, 0) is 32.3 Å². The van der Waals surface area contributed by atoms with Gasteiger partial charge in [0, 0.05) is 12.6 Å². The Morgan fingerprint density at radius 2 is 2.35 bits per heavy atom. The Hall–Kier alpha value is -0.680. The number of aryl methyl sites for hydroxylation is 1. The zero-order valence-corrected chi connectivity index (χ0v) is 11.9. The van der Waals surface area contributed by atoms with E-state index in [-0.39, 0.29) is 16.6 Å². The minimum absolute atomic E-state index is 0.220. The van der Waals surface area contributed by atoms with Crippen LogP contribution in [0.4, 0.5) is 5.69 Å². The van der Waals surface area contributed by atoms with E-state index in [1.54, 1.807) is 18.0 Å². The molecule has 4 nitrogen and oxygen atoms in total. The highest BCUT2D eigenvalue weighted by Gasteiger charge is 2.10. The van der Waals surface area contributed by atoms with E-state index < -0.39 is 0 Å². The van der Waals surface area contributed by atoms with Crippen LogP contribution in [0.25, 0.3) is 0 Å². The first-order valence-electron chi connectivity index (χ1n) is 5.61. The van der Waals surface area contributed by atoms with Gasteiger partial charge >= 0.3 is 0 Å². The van der Waals surface area contributed by atoms with Crippen LogP contribution in [0.2, 0.25) is 5.02 Å². The molecule has 0 spiro atoms. The SMILES string of the molecule is CCn1ncc(NC(C)CCSC)c(Cl)c1=O. The third-order valence-electron chi connectivity index (χ3n) is 2.44. The molecule has 0 saturated heterocycles. The Balaban J connectivity index is 2.79. The molecule has 1 atom stereocenters. The first kappa shape index (κ1) is 14.4. The van der Waals surface area contributed by atoms with E-state index in [9.17, 15) is 4.79 Å². The lowest BCUT2D eigenvalue weighted by Gasteiger charge is -2.15. The van der Waals surface area contributed by atoms with Gasteiger partial charge < -0.3 is 5.32 Å².